The van der Waals surface area contributed by atoms with E-state index >= 15 is 0 Å². The van der Waals surface area contributed by atoms with Gasteiger partial charge in [0.05, 0.1) is 6.61 Å². The zero-order valence-corrected chi connectivity index (χ0v) is 14.8. The van der Waals surface area contributed by atoms with Gasteiger partial charge >= 0.3 is 5.97 Å². The lowest BCUT2D eigenvalue weighted by molar-refractivity contribution is -0.145. The second kappa shape index (κ2) is 8.45. The molecule has 1 saturated heterocycles. The van der Waals surface area contributed by atoms with Gasteiger partial charge in [0.15, 0.2) is 0 Å². The number of halogens is 1. The number of carbonyl (C=O) groups excluding carboxylic acids is 1. The number of rotatable bonds is 6. The summed E-state index contributed by atoms with van der Waals surface area (Å²) in [7, 11) is 0. The summed E-state index contributed by atoms with van der Waals surface area (Å²) in [4.78, 5) is 23.5. The van der Waals surface area contributed by atoms with Crippen molar-refractivity contribution in [2.45, 2.75) is 38.6 Å². The van der Waals surface area contributed by atoms with E-state index in [4.69, 9.17) is 4.74 Å². The van der Waals surface area contributed by atoms with E-state index in [-0.39, 0.29) is 18.2 Å². The summed E-state index contributed by atoms with van der Waals surface area (Å²) >= 11 is 3.45. The molecule has 1 amide bonds. The molecule has 0 bridgehead atoms. The van der Waals surface area contributed by atoms with Gasteiger partial charge in [-0.15, -0.1) is 0 Å². The standard InChI is InChI=1S/C17H22BrNO4/c1-11-9-12(4-6-14(11)18)5-7-15(20)19-16(17(21)22)13-3-2-8-23-10-13/h4,6,9,13,16H,2-3,5,7-8,10H2,1H3,(H,19,20)(H,21,22). The van der Waals surface area contributed by atoms with Gasteiger partial charge < -0.3 is 15.2 Å². The van der Waals surface area contributed by atoms with E-state index in [2.05, 4.69) is 21.2 Å². The minimum atomic E-state index is -0.992. The second-order valence-electron chi connectivity index (χ2n) is 5.94. The van der Waals surface area contributed by atoms with Gasteiger partial charge in [-0.2, -0.15) is 0 Å². The van der Waals surface area contributed by atoms with Crippen LogP contribution in [0.1, 0.15) is 30.4 Å². The average Bonchev–Trinajstić information content (AvgIpc) is 2.54. The summed E-state index contributed by atoms with van der Waals surface area (Å²) in [6.07, 6.45) is 2.47. The summed E-state index contributed by atoms with van der Waals surface area (Å²) in [6.45, 7) is 3.06. The maximum Gasteiger partial charge on any atom is 0.326 e. The molecule has 2 atom stereocenters. The van der Waals surface area contributed by atoms with Crippen molar-refractivity contribution in [3.8, 4) is 0 Å². The van der Waals surface area contributed by atoms with E-state index < -0.39 is 12.0 Å². The van der Waals surface area contributed by atoms with Crippen LogP contribution in [0.2, 0.25) is 0 Å². The molecular weight excluding hydrogens is 362 g/mol. The summed E-state index contributed by atoms with van der Waals surface area (Å²) in [5, 5.41) is 12.0. The lowest BCUT2D eigenvalue weighted by Gasteiger charge is -2.28. The van der Waals surface area contributed by atoms with Crippen LogP contribution in [-0.4, -0.2) is 36.2 Å². The molecule has 1 aromatic carbocycles. The van der Waals surface area contributed by atoms with Gasteiger partial charge in [-0.1, -0.05) is 28.1 Å². The van der Waals surface area contributed by atoms with Crippen LogP contribution in [0.3, 0.4) is 0 Å². The Labute approximate surface area is 144 Å². The predicted molar refractivity (Wildman–Crippen MR) is 90.3 cm³/mol. The van der Waals surface area contributed by atoms with E-state index in [1.807, 2.05) is 25.1 Å². The molecule has 0 aliphatic carbocycles. The van der Waals surface area contributed by atoms with Crippen molar-refractivity contribution < 1.29 is 19.4 Å². The van der Waals surface area contributed by atoms with Crippen LogP contribution >= 0.6 is 15.9 Å². The van der Waals surface area contributed by atoms with Gasteiger partial charge in [0.25, 0.3) is 0 Å². The molecule has 2 rings (SSSR count). The number of carboxylic acids is 1. The molecule has 2 N–H and O–H groups in total. The first-order valence-electron chi connectivity index (χ1n) is 7.82. The van der Waals surface area contributed by atoms with Gasteiger partial charge in [0.2, 0.25) is 5.91 Å². The van der Waals surface area contributed by atoms with Crippen molar-refractivity contribution in [3.63, 3.8) is 0 Å². The molecule has 23 heavy (non-hydrogen) atoms. The Morgan fingerprint density at radius 3 is 2.87 bits per heavy atom. The molecule has 1 heterocycles. The van der Waals surface area contributed by atoms with Crippen molar-refractivity contribution >= 4 is 27.8 Å². The van der Waals surface area contributed by atoms with Gasteiger partial charge in [0, 0.05) is 23.4 Å². The largest absolute Gasteiger partial charge is 0.480 e. The van der Waals surface area contributed by atoms with E-state index in [0.29, 0.717) is 19.6 Å². The Morgan fingerprint density at radius 2 is 2.26 bits per heavy atom. The fraction of sp³-hybridized carbons (Fsp3) is 0.529. The quantitative estimate of drug-likeness (QED) is 0.791. The van der Waals surface area contributed by atoms with Crippen LogP contribution in [-0.2, 0) is 20.7 Å². The third kappa shape index (κ3) is 5.32. The van der Waals surface area contributed by atoms with Gasteiger partial charge in [-0.05, 0) is 43.4 Å². The third-order valence-electron chi connectivity index (χ3n) is 4.11. The van der Waals surface area contributed by atoms with Crippen LogP contribution in [0.15, 0.2) is 22.7 Å². The van der Waals surface area contributed by atoms with E-state index in [9.17, 15) is 14.7 Å². The summed E-state index contributed by atoms with van der Waals surface area (Å²) < 4.78 is 6.37. The number of amides is 1. The second-order valence-corrected chi connectivity index (χ2v) is 6.80. The zero-order valence-electron chi connectivity index (χ0n) is 13.2. The normalized spacial score (nSPS) is 19.1. The van der Waals surface area contributed by atoms with Crippen molar-refractivity contribution in [2.24, 2.45) is 5.92 Å². The number of ether oxygens (including phenoxy) is 1. The predicted octanol–water partition coefficient (Wildman–Crippen LogP) is 2.69. The van der Waals surface area contributed by atoms with E-state index in [0.717, 1.165) is 28.4 Å². The summed E-state index contributed by atoms with van der Waals surface area (Å²) in [5.41, 5.74) is 2.18. The lowest BCUT2D eigenvalue weighted by Crippen LogP contribution is -2.48. The number of carbonyl (C=O) groups is 2. The molecule has 1 fully saturated rings. The number of benzene rings is 1. The van der Waals surface area contributed by atoms with Crippen molar-refractivity contribution in [3.05, 3.63) is 33.8 Å². The van der Waals surface area contributed by atoms with Crippen molar-refractivity contribution in [1.29, 1.82) is 0 Å². The molecule has 1 aliphatic heterocycles. The molecule has 0 saturated carbocycles. The smallest absolute Gasteiger partial charge is 0.326 e. The van der Waals surface area contributed by atoms with E-state index in [1.165, 1.54) is 0 Å². The molecule has 0 radical (unpaired) electrons. The maximum absolute atomic E-state index is 12.1. The van der Waals surface area contributed by atoms with Crippen LogP contribution in [0, 0.1) is 12.8 Å². The molecule has 1 aliphatic rings. The number of aryl methyl sites for hydroxylation is 2. The van der Waals surface area contributed by atoms with Gasteiger partial charge in [0.1, 0.15) is 6.04 Å². The number of hydrogen-bond donors (Lipinski definition) is 2. The highest BCUT2D eigenvalue weighted by molar-refractivity contribution is 9.10. The third-order valence-corrected chi connectivity index (χ3v) is 5.00. The zero-order chi connectivity index (χ0) is 16.8. The van der Waals surface area contributed by atoms with Crippen LogP contribution in [0.4, 0.5) is 0 Å². The molecule has 1 aromatic rings. The Hall–Kier alpha value is -1.40. The Bertz CT molecular complexity index is 570. The highest BCUT2D eigenvalue weighted by Gasteiger charge is 2.31. The Morgan fingerprint density at radius 1 is 1.48 bits per heavy atom. The first-order chi connectivity index (χ1) is 11.0. The number of hydrogen-bond acceptors (Lipinski definition) is 3. The Kier molecular flexibility index (Phi) is 6.59. The fourth-order valence-electron chi connectivity index (χ4n) is 2.78. The number of carboxylic acid groups (broad SMARTS) is 1. The van der Waals surface area contributed by atoms with Crippen LogP contribution in [0.5, 0.6) is 0 Å². The average molecular weight is 384 g/mol. The minimum absolute atomic E-state index is 0.153. The number of nitrogens with one attached hydrogen (secondary N) is 1. The van der Waals surface area contributed by atoms with Gasteiger partial charge in [-0.25, -0.2) is 4.79 Å². The highest BCUT2D eigenvalue weighted by Crippen LogP contribution is 2.19. The topological polar surface area (TPSA) is 75.6 Å². The molecule has 6 heteroatoms. The first-order valence-corrected chi connectivity index (χ1v) is 8.61. The van der Waals surface area contributed by atoms with E-state index in [1.54, 1.807) is 0 Å². The summed E-state index contributed by atoms with van der Waals surface area (Å²) in [5.74, 6) is -1.38. The fourth-order valence-corrected chi connectivity index (χ4v) is 3.02. The molecule has 2 unspecified atom stereocenters. The number of aliphatic carboxylic acids is 1. The molecule has 5 nitrogen and oxygen atoms in total. The van der Waals surface area contributed by atoms with Crippen molar-refractivity contribution in [1.82, 2.24) is 5.32 Å². The molecule has 0 spiro atoms. The lowest BCUT2D eigenvalue weighted by atomic mass is 9.93. The van der Waals surface area contributed by atoms with Crippen molar-refractivity contribution in [2.75, 3.05) is 13.2 Å². The van der Waals surface area contributed by atoms with Crippen LogP contribution in [0.25, 0.3) is 0 Å². The monoisotopic (exact) mass is 383 g/mol. The SMILES string of the molecule is Cc1cc(CCC(=O)NC(C(=O)O)C2CCCOC2)ccc1Br. The minimum Gasteiger partial charge on any atom is -0.480 e. The molecule has 0 aromatic heterocycles. The van der Waals surface area contributed by atoms with Gasteiger partial charge in [-0.3, -0.25) is 4.79 Å². The Balaban J connectivity index is 1.88. The molecular formula is C17H22BrNO4. The molecule has 126 valence electrons. The maximum atomic E-state index is 12.1. The highest BCUT2D eigenvalue weighted by atomic mass is 79.9. The summed E-state index contributed by atoms with van der Waals surface area (Å²) in [6, 6.07) is 5.09. The van der Waals surface area contributed by atoms with Crippen LogP contribution < -0.4 is 5.32 Å². The first kappa shape index (κ1) is 17.9.